The second kappa shape index (κ2) is 7.71. The van der Waals surface area contributed by atoms with Crippen molar-refractivity contribution in [2.75, 3.05) is 5.32 Å². The van der Waals surface area contributed by atoms with Crippen LogP contribution in [0.15, 0.2) is 36.5 Å². The summed E-state index contributed by atoms with van der Waals surface area (Å²) in [6.45, 7) is 4.02. The number of aliphatic hydroxyl groups is 1. The zero-order valence-electron chi connectivity index (χ0n) is 17.1. The molecular formula is C24H28N2O3. The highest BCUT2D eigenvalue weighted by Crippen LogP contribution is 2.51. The van der Waals surface area contributed by atoms with Gasteiger partial charge in [0.25, 0.3) is 5.91 Å². The number of pyridine rings is 1. The number of aromatic nitrogens is 1. The molecule has 0 bridgehead atoms. The molecule has 1 saturated carbocycles. The summed E-state index contributed by atoms with van der Waals surface area (Å²) in [5.74, 6) is 0.171. The van der Waals surface area contributed by atoms with Crippen molar-refractivity contribution in [2.24, 2.45) is 5.92 Å². The van der Waals surface area contributed by atoms with Gasteiger partial charge in [0.15, 0.2) is 5.78 Å². The van der Waals surface area contributed by atoms with Crippen LogP contribution in [0.3, 0.4) is 0 Å². The number of benzene rings is 1. The van der Waals surface area contributed by atoms with E-state index in [1.807, 2.05) is 25.1 Å². The Bertz CT molecular complexity index is 955. The number of rotatable bonds is 3. The van der Waals surface area contributed by atoms with Crippen LogP contribution in [0, 0.1) is 12.8 Å². The number of nitrogens with zero attached hydrogens (tertiary/aromatic N) is 1. The van der Waals surface area contributed by atoms with E-state index in [1.165, 1.54) is 0 Å². The fourth-order valence-corrected chi connectivity index (χ4v) is 5.31. The maximum Gasteiger partial charge on any atom is 0.255 e. The van der Waals surface area contributed by atoms with Crippen LogP contribution in [-0.4, -0.2) is 27.9 Å². The summed E-state index contributed by atoms with van der Waals surface area (Å²) in [6.07, 6.45) is 6.02. The molecule has 2 aromatic rings. The number of hydrogen-bond donors (Lipinski definition) is 2. The average molecular weight is 392 g/mol. The third kappa shape index (κ3) is 3.48. The van der Waals surface area contributed by atoms with Gasteiger partial charge < -0.3 is 10.4 Å². The largest absolute Gasteiger partial charge is 0.393 e. The summed E-state index contributed by atoms with van der Waals surface area (Å²) in [5.41, 5.74) is 3.57. The van der Waals surface area contributed by atoms with E-state index in [-0.39, 0.29) is 23.2 Å². The molecule has 2 N–H and O–H groups in total. The van der Waals surface area contributed by atoms with Crippen LogP contribution < -0.4 is 5.32 Å². The van der Waals surface area contributed by atoms with E-state index >= 15 is 0 Å². The predicted molar refractivity (Wildman–Crippen MR) is 112 cm³/mol. The molecule has 29 heavy (non-hydrogen) atoms. The van der Waals surface area contributed by atoms with E-state index in [9.17, 15) is 14.7 Å². The summed E-state index contributed by atoms with van der Waals surface area (Å²) in [5, 5.41) is 13.1. The first-order chi connectivity index (χ1) is 13.9. The van der Waals surface area contributed by atoms with Crippen LogP contribution in [0.2, 0.25) is 0 Å². The van der Waals surface area contributed by atoms with Crippen molar-refractivity contribution in [1.82, 2.24) is 4.98 Å². The van der Waals surface area contributed by atoms with Crippen LogP contribution in [0.4, 0.5) is 5.69 Å². The highest BCUT2D eigenvalue weighted by atomic mass is 16.3. The minimum Gasteiger partial charge on any atom is -0.393 e. The first-order valence-corrected chi connectivity index (χ1v) is 10.5. The van der Waals surface area contributed by atoms with Crippen LogP contribution in [0.5, 0.6) is 0 Å². The summed E-state index contributed by atoms with van der Waals surface area (Å²) in [6, 6.07) is 9.18. The van der Waals surface area contributed by atoms with Gasteiger partial charge in [-0.1, -0.05) is 13.0 Å². The third-order valence-corrected chi connectivity index (χ3v) is 6.99. The lowest BCUT2D eigenvalue weighted by Crippen LogP contribution is -2.41. The maximum absolute atomic E-state index is 13.0. The Morgan fingerprint density at radius 3 is 2.90 bits per heavy atom. The lowest BCUT2D eigenvalue weighted by molar-refractivity contribution is 0.0448. The van der Waals surface area contributed by atoms with Crippen LogP contribution in [0.25, 0.3) is 0 Å². The number of Topliss-reactive ketones (excluding diaryl/α,β-unsaturated/α-hetero) is 1. The van der Waals surface area contributed by atoms with Gasteiger partial charge in [-0.25, -0.2) is 0 Å². The van der Waals surface area contributed by atoms with Crippen molar-refractivity contribution in [1.29, 1.82) is 0 Å². The Balaban J connectivity index is 1.71. The van der Waals surface area contributed by atoms with Gasteiger partial charge in [0.2, 0.25) is 0 Å². The highest BCUT2D eigenvalue weighted by molar-refractivity contribution is 6.07. The number of anilines is 1. The van der Waals surface area contributed by atoms with Crippen LogP contribution in [0.1, 0.15) is 77.4 Å². The quantitative estimate of drug-likeness (QED) is 0.810. The number of aliphatic hydroxyl groups excluding tert-OH is 1. The summed E-state index contributed by atoms with van der Waals surface area (Å²) < 4.78 is 0. The molecule has 5 heteroatoms. The number of nitrogens with one attached hydrogen (secondary N) is 1. The number of fused-ring (bicyclic) bond motifs is 3. The Kier molecular flexibility index (Phi) is 5.26. The Morgan fingerprint density at radius 1 is 1.31 bits per heavy atom. The zero-order valence-corrected chi connectivity index (χ0v) is 17.1. The molecule has 2 aliphatic rings. The molecule has 1 aromatic heterocycles. The van der Waals surface area contributed by atoms with E-state index in [0.29, 0.717) is 29.2 Å². The van der Waals surface area contributed by atoms with Crippen molar-refractivity contribution in [3.8, 4) is 0 Å². The molecule has 0 aliphatic heterocycles. The lowest BCUT2D eigenvalue weighted by atomic mass is 9.59. The fourth-order valence-electron chi connectivity index (χ4n) is 5.31. The standard InChI is InChI=1S/C24H28N2O3/c1-3-24-11-10-18(27)14-17(24)7-9-22(28)19-13-16(6-8-20(19)24)23(29)26-21-5-4-12-25-15(21)2/h4-6,8,12-13,17-18,27H,3,7,9-11,14H2,1-2H3,(H,26,29). The van der Waals surface area contributed by atoms with Crippen molar-refractivity contribution in [2.45, 2.75) is 63.9 Å². The Morgan fingerprint density at radius 2 is 2.14 bits per heavy atom. The molecule has 1 aromatic carbocycles. The SMILES string of the molecule is CCC12CCC(O)CC1CCC(=O)c1cc(C(=O)Nc3cccnc3C)ccc12. The monoisotopic (exact) mass is 392 g/mol. The molecule has 0 spiro atoms. The van der Waals surface area contributed by atoms with Crippen LogP contribution >= 0.6 is 0 Å². The number of amides is 1. The Hall–Kier alpha value is -2.53. The molecule has 1 fully saturated rings. The molecule has 0 radical (unpaired) electrons. The zero-order chi connectivity index (χ0) is 20.6. The van der Waals surface area contributed by atoms with Crippen molar-refractivity contribution in [3.63, 3.8) is 0 Å². The van der Waals surface area contributed by atoms with E-state index in [4.69, 9.17) is 0 Å². The topological polar surface area (TPSA) is 79.3 Å². The second-order valence-electron chi connectivity index (χ2n) is 8.45. The first-order valence-electron chi connectivity index (χ1n) is 10.5. The maximum atomic E-state index is 13.0. The molecule has 2 aliphatic carbocycles. The van der Waals surface area contributed by atoms with Crippen molar-refractivity contribution >= 4 is 17.4 Å². The number of carbonyl (C=O) groups is 2. The molecule has 3 unspecified atom stereocenters. The number of aryl methyl sites for hydroxylation is 1. The minimum atomic E-state index is -0.274. The van der Waals surface area contributed by atoms with Crippen molar-refractivity contribution < 1.29 is 14.7 Å². The molecule has 5 nitrogen and oxygen atoms in total. The number of carbonyl (C=O) groups excluding carboxylic acids is 2. The minimum absolute atomic E-state index is 0.0876. The van der Waals surface area contributed by atoms with Gasteiger partial charge in [-0.05, 0) is 80.2 Å². The first kappa shape index (κ1) is 19.8. The van der Waals surface area contributed by atoms with Gasteiger partial charge in [0, 0.05) is 23.7 Å². The molecule has 4 rings (SSSR count). The average Bonchev–Trinajstić information content (AvgIpc) is 2.84. The number of hydrogen-bond acceptors (Lipinski definition) is 4. The number of ketones is 1. The molecular weight excluding hydrogens is 364 g/mol. The second-order valence-corrected chi connectivity index (χ2v) is 8.45. The fraction of sp³-hybridized carbons (Fsp3) is 0.458. The molecule has 1 heterocycles. The van der Waals surface area contributed by atoms with Gasteiger partial charge in [-0.15, -0.1) is 0 Å². The van der Waals surface area contributed by atoms with Gasteiger partial charge in [0.05, 0.1) is 17.5 Å². The molecule has 1 amide bonds. The smallest absolute Gasteiger partial charge is 0.255 e. The van der Waals surface area contributed by atoms with Crippen molar-refractivity contribution in [3.05, 3.63) is 58.9 Å². The van der Waals surface area contributed by atoms with Gasteiger partial charge >= 0.3 is 0 Å². The molecule has 3 atom stereocenters. The molecule has 0 saturated heterocycles. The van der Waals surface area contributed by atoms with Gasteiger partial charge in [0.1, 0.15) is 0 Å². The van der Waals surface area contributed by atoms with Crippen LogP contribution in [-0.2, 0) is 5.41 Å². The van der Waals surface area contributed by atoms with E-state index in [2.05, 4.69) is 17.2 Å². The lowest BCUT2D eigenvalue weighted by Gasteiger charge is -2.45. The predicted octanol–water partition coefficient (Wildman–Crippen LogP) is 4.43. The summed E-state index contributed by atoms with van der Waals surface area (Å²) in [7, 11) is 0. The summed E-state index contributed by atoms with van der Waals surface area (Å²) >= 11 is 0. The van der Waals surface area contributed by atoms with E-state index in [1.54, 1.807) is 18.3 Å². The Labute approximate surface area is 171 Å². The summed E-state index contributed by atoms with van der Waals surface area (Å²) in [4.78, 5) is 30.0. The van der Waals surface area contributed by atoms with E-state index < -0.39 is 0 Å². The van der Waals surface area contributed by atoms with Gasteiger partial charge in [-0.2, -0.15) is 0 Å². The highest BCUT2D eigenvalue weighted by Gasteiger charge is 2.46. The van der Waals surface area contributed by atoms with Gasteiger partial charge in [-0.3, -0.25) is 14.6 Å². The molecule has 152 valence electrons. The third-order valence-electron chi connectivity index (χ3n) is 6.99. The normalized spacial score (nSPS) is 26.2. The van der Waals surface area contributed by atoms with E-state index in [0.717, 1.165) is 43.4 Å².